The van der Waals surface area contributed by atoms with E-state index in [0.29, 0.717) is 23.9 Å². The molecule has 1 aromatic rings. The van der Waals surface area contributed by atoms with Crippen LogP contribution in [0.15, 0.2) is 23.1 Å². The van der Waals surface area contributed by atoms with Crippen LogP contribution in [0.5, 0.6) is 5.75 Å². The third kappa shape index (κ3) is 2.89. The molecule has 0 spiro atoms. The van der Waals surface area contributed by atoms with Gasteiger partial charge in [0.05, 0.1) is 7.11 Å². The summed E-state index contributed by atoms with van der Waals surface area (Å²) in [5.41, 5.74) is 6.00. The fourth-order valence-corrected chi connectivity index (χ4v) is 2.85. The van der Waals surface area contributed by atoms with Crippen LogP contribution in [0.4, 0.5) is 5.69 Å². The van der Waals surface area contributed by atoms with Gasteiger partial charge in [-0.3, -0.25) is 0 Å². The summed E-state index contributed by atoms with van der Waals surface area (Å²) in [5, 5.41) is 0. The Morgan fingerprint density at radius 3 is 2.76 bits per heavy atom. The van der Waals surface area contributed by atoms with Crippen molar-refractivity contribution in [3.8, 4) is 5.75 Å². The van der Waals surface area contributed by atoms with Crippen molar-refractivity contribution in [3.05, 3.63) is 18.2 Å². The molecule has 5 nitrogen and oxygen atoms in total. The van der Waals surface area contributed by atoms with Crippen molar-refractivity contribution in [2.45, 2.75) is 17.7 Å². The van der Waals surface area contributed by atoms with E-state index in [2.05, 4.69) is 4.72 Å². The van der Waals surface area contributed by atoms with Crippen LogP contribution < -0.4 is 15.2 Å². The van der Waals surface area contributed by atoms with Gasteiger partial charge < -0.3 is 10.5 Å². The van der Waals surface area contributed by atoms with E-state index in [-0.39, 0.29) is 4.90 Å². The van der Waals surface area contributed by atoms with Crippen LogP contribution in [0.1, 0.15) is 12.8 Å². The van der Waals surface area contributed by atoms with Gasteiger partial charge in [0.25, 0.3) is 0 Å². The zero-order chi connectivity index (χ0) is 12.5. The number of sulfonamides is 1. The highest BCUT2D eigenvalue weighted by atomic mass is 32.2. The number of nitrogens with two attached hydrogens (primary N) is 1. The number of hydrogen-bond acceptors (Lipinski definition) is 4. The lowest BCUT2D eigenvalue weighted by Gasteiger charge is -2.11. The molecule has 17 heavy (non-hydrogen) atoms. The minimum absolute atomic E-state index is 0.0978. The molecule has 0 radical (unpaired) electrons. The lowest BCUT2D eigenvalue weighted by molar-refractivity contribution is 0.402. The first-order valence-electron chi connectivity index (χ1n) is 5.46. The van der Waals surface area contributed by atoms with E-state index < -0.39 is 10.0 Å². The summed E-state index contributed by atoms with van der Waals surface area (Å²) in [6.45, 7) is 0.486. The molecular weight excluding hydrogens is 240 g/mol. The fourth-order valence-electron chi connectivity index (χ4n) is 1.53. The molecule has 0 heterocycles. The van der Waals surface area contributed by atoms with Gasteiger partial charge in [-0.25, -0.2) is 13.1 Å². The summed E-state index contributed by atoms with van der Waals surface area (Å²) in [7, 11) is -2.10. The Balaban J connectivity index is 2.26. The van der Waals surface area contributed by atoms with E-state index in [9.17, 15) is 8.42 Å². The van der Waals surface area contributed by atoms with Gasteiger partial charge in [-0.1, -0.05) is 0 Å². The zero-order valence-corrected chi connectivity index (χ0v) is 10.5. The number of anilines is 1. The highest BCUT2D eigenvalue weighted by Crippen LogP contribution is 2.29. The molecule has 0 atom stereocenters. The average molecular weight is 256 g/mol. The topological polar surface area (TPSA) is 81.4 Å². The molecule has 3 N–H and O–H groups in total. The first kappa shape index (κ1) is 12.2. The minimum Gasteiger partial charge on any atom is -0.495 e. The second-order valence-electron chi connectivity index (χ2n) is 4.21. The maximum Gasteiger partial charge on any atom is 0.244 e. The zero-order valence-electron chi connectivity index (χ0n) is 9.64. The number of nitrogens with one attached hydrogen (secondary N) is 1. The Kier molecular flexibility index (Phi) is 3.26. The Morgan fingerprint density at radius 2 is 2.18 bits per heavy atom. The summed E-state index contributed by atoms with van der Waals surface area (Å²) in [5.74, 6) is 0.791. The van der Waals surface area contributed by atoms with Crippen LogP contribution in [-0.4, -0.2) is 22.1 Å². The van der Waals surface area contributed by atoms with Crippen molar-refractivity contribution in [2.75, 3.05) is 19.4 Å². The SMILES string of the molecule is COc1ccc(N)cc1S(=O)(=O)NCC1CC1. The van der Waals surface area contributed by atoms with Crippen molar-refractivity contribution >= 4 is 15.7 Å². The van der Waals surface area contributed by atoms with Crippen molar-refractivity contribution in [1.82, 2.24) is 4.72 Å². The number of benzene rings is 1. The van der Waals surface area contributed by atoms with Crippen molar-refractivity contribution in [2.24, 2.45) is 5.92 Å². The molecule has 0 saturated heterocycles. The molecule has 0 bridgehead atoms. The first-order valence-corrected chi connectivity index (χ1v) is 6.94. The third-order valence-electron chi connectivity index (χ3n) is 2.74. The molecule has 1 aliphatic carbocycles. The third-order valence-corrected chi connectivity index (χ3v) is 4.18. The van der Waals surface area contributed by atoms with Crippen LogP contribution in [0.3, 0.4) is 0 Å². The fraction of sp³-hybridized carbons (Fsp3) is 0.455. The Labute approximate surface area is 101 Å². The van der Waals surface area contributed by atoms with Crippen LogP contribution in [-0.2, 0) is 10.0 Å². The van der Waals surface area contributed by atoms with E-state index >= 15 is 0 Å². The normalized spacial score (nSPS) is 15.8. The molecule has 0 aromatic heterocycles. The number of methoxy groups -OCH3 is 1. The quantitative estimate of drug-likeness (QED) is 0.769. The molecule has 2 rings (SSSR count). The molecule has 1 saturated carbocycles. The van der Waals surface area contributed by atoms with Gasteiger partial charge in [-0.2, -0.15) is 0 Å². The van der Waals surface area contributed by atoms with E-state index in [1.165, 1.54) is 13.2 Å². The summed E-state index contributed by atoms with van der Waals surface area (Å²) in [4.78, 5) is 0.0978. The lowest BCUT2D eigenvalue weighted by Crippen LogP contribution is -2.26. The molecular formula is C11H16N2O3S. The Bertz CT molecular complexity index is 509. The van der Waals surface area contributed by atoms with E-state index in [0.717, 1.165) is 12.8 Å². The van der Waals surface area contributed by atoms with Gasteiger partial charge in [-0.15, -0.1) is 0 Å². The Morgan fingerprint density at radius 1 is 1.47 bits per heavy atom. The molecule has 6 heteroatoms. The summed E-state index contributed by atoms with van der Waals surface area (Å²) in [6.07, 6.45) is 2.19. The minimum atomic E-state index is -3.54. The maximum atomic E-state index is 12.0. The van der Waals surface area contributed by atoms with Crippen molar-refractivity contribution < 1.29 is 13.2 Å². The van der Waals surface area contributed by atoms with Gasteiger partial charge in [-0.05, 0) is 37.0 Å². The van der Waals surface area contributed by atoms with E-state index in [1.54, 1.807) is 12.1 Å². The number of rotatable bonds is 5. The van der Waals surface area contributed by atoms with Crippen LogP contribution in [0.25, 0.3) is 0 Å². The number of ether oxygens (including phenoxy) is 1. The van der Waals surface area contributed by atoms with Gasteiger partial charge >= 0.3 is 0 Å². The molecule has 0 amide bonds. The highest BCUT2D eigenvalue weighted by Gasteiger charge is 2.26. The average Bonchev–Trinajstić information content (AvgIpc) is 3.10. The lowest BCUT2D eigenvalue weighted by atomic mass is 10.3. The van der Waals surface area contributed by atoms with E-state index in [1.807, 2.05) is 0 Å². The van der Waals surface area contributed by atoms with Crippen molar-refractivity contribution in [1.29, 1.82) is 0 Å². The monoisotopic (exact) mass is 256 g/mol. The first-order chi connectivity index (χ1) is 8.03. The van der Waals surface area contributed by atoms with E-state index in [4.69, 9.17) is 10.5 Å². The summed E-state index contributed by atoms with van der Waals surface area (Å²) < 4.78 is 31.7. The predicted molar refractivity (Wildman–Crippen MR) is 65.3 cm³/mol. The predicted octanol–water partition coefficient (Wildman–Crippen LogP) is 0.966. The summed E-state index contributed by atoms with van der Waals surface area (Å²) in [6, 6.07) is 4.58. The number of hydrogen-bond donors (Lipinski definition) is 2. The Hall–Kier alpha value is -1.27. The molecule has 0 aliphatic heterocycles. The standard InChI is InChI=1S/C11H16N2O3S/c1-16-10-5-4-9(12)6-11(10)17(14,15)13-7-8-2-3-8/h4-6,8,13H,2-3,7,12H2,1H3. The largest absolute Gasteiger partial charge is 0.495 e. The molecule has 1 aliphatic rings. The number of nitrogen functional groups attached to an aromatic ring is 1. The summed E-state index contributed by atoms with van der Waals surface area (Å²) >= 11 is 0. The van der Waals surface area contributed by atoms with Gasteiger partial charge in [0, 0.05) is 12.2 Å². The molecule has 94 valence electrons. The van der Waals surface area contributed by atoms with Gasteiger partial charge in [0.15, 0.2) is 0 Å². The van der Waals surface area contributed by atoms with Crippen LogP contribution in [0.2, 0.25) is 0 Å². The molecule has 1 aromatic carbocycles. The maximum absolute atomic E-state index is 12.0. The second-order valence-corrected chi connectivity index (χ2v) is 5.94. The van der Waals surface area contributed by atoms with Crippen molar-refractivity contribution in [3.63, 3.8) is 0 Å². The second kappa shape index (κ2) is 4.54. The molecule has 0 unspecified atom stereocenters. The van der Waals surface area contributed by atoms with Gasteiger partial charge in [0.2, 0.25) is 10.0 Å². The van der Waals surface area contributed by atoms with Gasteiger partial charge in [0.1, 0.15) is 10.6 Å². The van der Waals surface area contributed by atoms with Crippen LogP contribution in [0, 0.1) is 5.92 Å². The molecule has 1 fully saturated rings. The smallest absolute Gasteiger partial charge is 0.244 e. The van der Waals surface area contributed by atoms with Crippen LogP contribution >= 0.6 is 0 Å². The highest BCUT2D eigenvalue weighted by molar-refractivity contribution is 7.89.